The van der Waals surface area contributed by atoms with Crippen LogP contribution >= 0.6 is 0 Å². The van der Waals surface area contributed by atoms with E-state index < -0.39 is 11.8 Å². The highest BCUT2D eigenvalue weighted by Crippen LogP contribution is 2.13. The molecule has 0 bridgehead atoms. The van der Waals surface area contributed by atoms with Crippen molar-refractivity contribution in [3.05, 3.63) is 35.1 Å². The molecule has 2 N–H and O–H groups in total. The Balaban J connectivity index is 2.79. The molecule has 1 rings (SSSR count). The van der Waals surface area contributed by atoms with E-state index in [1.54, 1.807) is 4.90 Å². The lowest BCUT2D eigenvalue weighted by molar-refractivity contribution is -0.122. The molecule has 0 aliphatic rings. The topological polar surface area (TPSA) is 69.6 Å². The SMILES string of the molecule is CCN(CC(=O)NC(C)C)Cc1cc(C(=O)O)ccc1F. The molecule has 0 saturated carbocycles. The zero-order valence-electron chi connectivity index (χ0n) is 12.5. The van der Waals surface area contributed by atoms with Gasteiger partial charge in [0.05, 0.1) is 12.1 Å². The number of amides is 1. The molecule has 1 aromatic carbocycles. The van der Waals surface area contributed by atoms with Gasteiger partial charge in [0, 0.05) is 18.2 Å². The molecular weight excluding hydrogens is 275 g/mol. The van der Waals surface area contributed by atoms with E-state index in [-0.39, 0.29) is 36.2 Å². The van der Waals surface area contributed by atoms with Gasteiger partial charge in [-0.2, -0.15) is 0 Å². The van der Waals surface area contributed by atoms with Gasteiger partial charge in [0.25, 0.3) is 0 Å². The molecule has 6 heteroatoms. The van der Waals surface area contributed by atoms with Crippen molar-refractivity contribution in [2.75, 3.05) is 13.1 Å². The smallest absolute Gasteiger partial charge is 0.335 e. The summed E-state index contributed by atoms with van der Waals surface area (Å²) in [6.07, 6.45) is 0. The number of rotatable bonds is 7. The first kappa shape index (κ1) is 17.1. The highest BCUT2D eigenvalue weighted by Gasteiger charge is 2.14. The molecule has 0 fully saturated rings. The first-order chi connectivity index (χ1) is 9.83. The molecule has 116 valence electrons. The van der Waals surface area contributed by atoms with E-state index in [0.29, 0.717) is 6.54 Å². The molecule has 1 amide bonds. The summed E-state index contributed by atoms with van der Waals surface area (Å²) in [4.78, 5) is 24.4. The number of carboxylic acid groups (broad SMARTS) is 1. The molecule has 0 radical (unpaired) electrons. The molecule has 0 heterocycles. The van der Waals surface area contributed by atoms with Crippen molar-refractivity contribution in [3.63, 3.8) is 0 Å². The monoisotopic (exact) mass is 296 g/mol. The Morgan fingerprint density at radius 2 is 2.05 bits per heavy atom. The standard InChI is InChI=1S/C15H21FN2O3/c1-4-18(9-14(19)17-10(2)3)8-12-7-11(15(20)21)5-6-13(12)16/h5-7,10H,4,8-9H2,1-3H3,(H,17,19)(H,20,21). The number of carboxylic acids is 1. The van der Waals surface area contributed by atoms with Gasteiger partial charge in [0.1, 0.15) is 5.82 Å². The third kappa shape index (κ3) is 5.51. The van der Waals surface area contributed by atoms with Crippen molar-refractivity contribution in [2.45, 2.75) is 33.4 Å². The van der Waals surface area contributed by atoms with E-state index in [4.69, 9.17) is 5.11 Å². The molecular formula is C15H21FN2O3. The quantitative estimate of drug-likeness (QED) is 0.806. The van der Waals surface area contributed by atoms with Gasteiger partial charge in [0.15, 0.2) is 0 Å². The Morgan fingerprint density at radius 1 is 1.38 bits per heavy atom. The third-order valence-corrected chi connectivity index (χ3v) is 2.95. The van der Waals surface area contributed by atoms with Gasteiger partial charge in [-0.25, -0.2) is 9.18 Å². The van der Waals surface area contributed by atoms with Gasteiger partial charge in [-0.05, 0) is 38.6 Å². The fraction of sp³-hybridized carbons (Fsp3) is 0.467. The van der Waals surface area contributed by atoms with Gasteiger partial charge in [-0.1, -0.05) is 6.92 Å². The molecule has 0 aliphatic carbocycles. The number of hydrogen-bond donors (Lipinski definition) is 2. The number of likely N-dealkylation sites (N-methyl/N-ethyl adjacent to an activating group) is 1. The minimum Gasteiger partial charge on any atom is -0.478 e. The highest BCUT2D eigenvalue weighted by atomic mass is 19.1. The van der Waals surface area contributed by atoms with Crippen LogP contribution in [0.4, 0.5) is 4.39 Å². The number of halogens is 1. The van der Waals surface area contributed by atoms with Gasteiger partial charge in [0.2, 0.25) is 5.91 Å². The number of aromatic carboxylic acids is 1. The van der Waals surface area contributed by atoms with Gasteiger partial charge >= 0.3 is 5.97 Å². The second kappa shape index (κ2) is 7.73. The first-order valence-electron chi connectivity index (χ1n) is 6.87. The zero-order valence-corrected chi connectivity index (χ0v) is 12.5. The van der Waals surface area contributed by atoms with Crippen LogP contribution in [0.1, 0.15) is 36.7 Å². The van der Waals surface area contributed by atoms with Crippen LogP contribution in [0.15, 0.2) is 18.2 Å². The Hall–Kier alpha value is -1.95. The van der Waals surface area contributed by atoms with Crippen LogP contribution < -0.4 is 5.32 Å². The normalized spacial score (nSPS) is 11.0. The zero-order chi connectivity index (χ0) is 16.0. The average Bonchev–Trinajstić information content (AvgIpc) is 2.38. The van der Waals surface area contributed by atoms with E-state index in [1.165, 1.54) is 12.1 Å². The largest absolute Gasteiger partial charge is 0.478 e. The minimum absolute atomic E-state index is 0.0362. The van der Waals surface area contributed by atoms with Crippen LogP contribution in [0, 0.1) is 5.82 Å². The molecule has 0 aliphatic heterocycles. The highest BCUT2D eigenvalue weighted by molar-refractivity contribution is 5.87. The molecule has 0 aromatic heterocycles. The summed E-state index contributed by atoms with van der Waals surface area (Å²) in [5, 5.41) is 11.7. The number of hydrogen-bond acceptors (Lipinski definition) is 3. The van der Waals surface area contributed by atoms with Crippen molar-refractivity contribution < 1.29 is 19.1 Å². The molecule has 0 spiro atoms. The van der Waals surface area contributed by atoms with Crippen molar-refractivity contribution in [1.82, 2.24) is 10.2 Å². The Kier molecular flexibility index (Phi) is 6.30. The molecule has 5 nitrogen and oxygen atoms in total. The molecule has 21 heavy (non-hydrogen) atoms. The molecule has 0 saturated heterocycles. The maximum absolute atomic E-state index is 13.8. The summed E-state index contributed by atoms with van der Waals surface area (Å²) in [6.45, 7) is 6.48. The predicted octanol–water partition coefficient (Wildman–Crippen LogP) is 1.87. The van der Waals surface area contributed by atoms with E-state index in [0.717, 1.165) is 6.07 Å². The number of benzene rings is 1. The fourth-order valence-corrected chi connectivity index (χ4v) is 1.92. The van der Waals surface area contributed by atoms with Crippen LogP contribution in [0.3, 0.4) is 0 Å². The number of carbonyl (C=O) groups is 2. The minimum atomic E-state index is -1.10. The van der Waals surface area contributed by atoms with Crippen LogP contribution in [0.25, 0.3) is 0 Å². The summed E-state index contributed by atoms with van der Waals surface area (Å²) >= 11 is 0. The van der Waals surface area contributed by atoms with E-state index in [9.17, 15) is 14.0 Å². The Morgan fingerprint density at radius 3 is 2.57 bits per heavy atom. The molecule has 0 unspecified atom stereocenters. The summed E-state index contributed by atoms with van der Waals surface area (Å²) in [7, 11) is 0. The van der Waals surface area contributed by atoms with Crippen LogP contribution in [0.5, 0.6) is 0 Å². The van der Waals surface area contributed by atoms with Crippen molar-refractivity contribution in [3.8, 4) is 0 Å². The number of nitrogens with zero attached hydrogens (tertiary/aromatic N) is 1. The number of carbonyl (C=O) groups excluding carboxylic acids is 1. The number of nitrogens with one attached hydrogen (secondary N) is 1. The summed E-state index contributed by atoms with van der Waals surface area (Å²) in [5.41, 5.74) is 0.309. The predicted molar refractivity (Wildman–Crippen MR) is 77.6 cm³/mol. The first-order valence-corrected chi connectivity index (χ1v) is 6.87. The Labute approximate surface area is 123 Å². The molecule has 1 aromatic rings. The summed E-state index contributed by atoms with van der Waals surface area (Å²) < 4.78 is 13.8. The maximum atomic E-state index is 13.8. The van der Waals surface area contributed by atoms with Gasteiger partial charge in [-0.3, -0.25) is 9.69 Å². The van der Waals surface area contributed by atoms with Crippen LogP contribution in [0.2, 0.25) is 0 Å². The van der Waals surface area contributed by atoms with Crippen molar-refractivity contribution in [1.29, 1.82) is 0 Å². The lowest BCUT2D eigenvalue weighted by atomic mass is 10.1. The lowest BCUT2D eigenvalue weighted by Crippen LogP contribution is -2.39. The molecule has 0 atom stereocenters. The second-order valence-corrected chi connectivity index (χ2v) is 5.14. The summed E-state index contributed by atoms with van der Waals surface area (Å²) in [6, 6.07) is 3.72. The lowest BCUT2D eigenvalue weighted by Gasteiger charge is -2.21. The third-order valence-electron chi connectivity index (χ3n) is 2.95. The van der Waals surface area contributed by atoms with Gasteiger partial charge in [-0.15, -0.1) is 0 Å². The average molecular weight is 296 g/mol. The van der Waals surface area contributed by atoms with E-state index in [2.05, 4.69) is 5.32 Å². The van der Waals surface area contributed by atoms with Crippen LogP contribution in [-0.4, -0.2) is 41.0 Å². The summed E-state index contributed by atoms with van der Waals surface area (Å²) in [5.74, 6) is -1.71. The fourth-order valence-electron chi connectivity index (χ4n) is 1.92. The maximum Gasteiger partial charge on any atom is 0.335 e. The van der Waals surface area contributed by atoms with E-state index in [1.807, 2.05) is 20.8 Å². The second-order valence-electron chi connectivity index (χ2n) is 5.14. The van der Waals surface area contributed by atoms with Crippen LogP contribution in [-0.2, 0) is 11.3 Å². The van der Waals surface area contributed by atoms with Crippen molar-refractivity contribution >= 4 is 11.9 Å². The van der Waals surface area contributed by atoms with Crippen molar-refractivity contribution in [2.24, 2.45) is 0 Å². The van der Waals surface area contributed by atoms with Gasteiger partial charge < -0.3 is 10.4 Å². The van der Waals surface area contributed by atoms with E-state index >= 15 is 0 Å². The Bertz CT molecular complexity index is 518.